The average molecular weight is 432 g/mol. The summed E-state index contributed by atoms with van der Waals surface area (Å²) in [5.74, 6) is 8.18. The maximum absolute atomic E-state index is 12.3. The van der Waals surface area contributed by atoms with Gasteiger partial charge in [-0.1, -0.05) is 64.4 Å². The summed E-state index contributed by atoms with van der Waals surface area (Å²) >= 11 is 1.29. The van der Waals surface area contributed by atoms with E-state index in [0.717, 1.165) is 12.2 Å². The monoisotopic (exact) mass is 431 g/mol. The number of aromatic nitrogens is 3. The molecule has 2 atom stereocenters. The summed E-state index contributed by atoms with van der Waals surface area (Å²) < 4.78 is 7.19. The van der Waals surface area contributed by atoms with Gasteiger partial charge in [-0.2, -0.15) is 0 Å². The first kappa shape index (κ1) is 22.5. The third kappa shape index (κ3) is 5.90. The van der Waals surface area contributed by atoms with E-state index in [9.17, 15) is 4.79 Å². The largest absolute Gasteiger partial charge is 0.486 e. The van der Waals surface area contributed by atoms with E-state index in [0.29, 0.717) is 16.9 Å². The number of thioether (sulfide) groups is 1. The summed E-state index contributed by atoms with van der Waals surface area (Å²) in [4.78, 5) is 12.3. The number of nitrogen functional groups attached to an aromatic ring is 1. The van der Waals surface area contributed by atoms with E-state index in [1.807, 2.05) is 12.1 Å². The smallest absolute Gasteiger partial charge is 0.230 e. The van der Waals surface area contributed by atoms with Crippen molar-refractivity contribution in [1.82, 2.24) is 20.2 Å². The van der Waals surface area contributed by atoms with Crippen molar-refractivity contribution in [1.29, 1.82) is 0 Å². The molecule has 8 heteroatoms. The van der Waals surface area contributed by atoms with Crippen LogP contribution in [-0.2, 0) is 16.8 Å². The van der Waals surface area contributed by atoms with Gasteiger partial charge in [-0.05, 0) is 41.9 Å². The summed E-state index contributed by atoms with van der Waals surface area (Å²) in [5, 5.41) is 11.9. The fourth-order valence-electron chi connectivity index (χ4n) is 3.61. The van der Waals surface area contributed by atoms with E-state index in [-0.39, 0.29) is 29.7 Å². The van der Waals surface area contributed by atoms with Crippen LogP contribution in [0.15, 0.2) is 29.4 Å². The molecule has 1 heterocycles. The number of hydrogen-bond acceptors (Lipinski definition) is 6. The number of hydrogen-bond donors (Lipinski definition) is 2. The van der Waals surface area contributed by atoms with Crippen molar-refractivity contribution >= 4 is 17.7 Å². The van der Waals surface area contributed by atoms with Crippen LogP contribution in [0.3, 0.4) is 0 Å². The van der Waals surface area contributed by atoms with Crippen molar-refractivity contribution in [3.63, 3.8) is 0 Å². The normalized spacial score (nSPS) is 19.5. The van der Waals surface area contributed by atoms with Crippen molar-refractivity contribution in [3.8, 4) is 5.75 Å². The minimum atomic E-state index is 0.0125. The van der Waals surface area contributed by atoms with E-state index < -0.39 is 0 Å². The molecule has 7 nitrogen and oxygen atoms in total. The molecule has 0 saturated heterocycles. The molecular weight excluding hydrogens is 398 g/mol. The van der Waals surface area contributed by atoms with Crippen molar-refractivity contribution in [2.75, 3.05) is 11.6 Å². The Balaban J connectivity index is 1.49. The van der Waals surface area contributed by atoms with Gasteiger partial charge in [0.25, 0.3) is 0 Å². The van der Waals surface area contributed by atoms with Gasteiger partial charge in [-0.25, -0.2) is 4.68 Å². The Morgan fingerprint density at radius 2 is 1.93 bits per heavy atom. The highest BCUT2D eigenvalue weighted by Crippen LogP contribution is 2.25. The Labute approximate surface area is 183 Å². The molecule has 30 heavy (non-hydrogen) atoms. The van der Waals surface area contributed by atoms with Gasteiger partial charge in [0.1, 0.15) is 12.4 Å². The number of carbonyl (C=O) groups is 1. The van der Waals surface area contributed by atoms with Crippen molar-refractivity contribution in [2.45, 2.75) is 76.6 Å². The molecule has 2 aromatic rings. The molecule has 1 fully saturated rings. The summed E-state index contributed by atoms with van der Waals surface area (Å²) in [6, 6.07) is 8.30. The SMILES string of the molecule is CC1CCCCC1NC(=O)CSc1nnc(COc2ccc(C(C)(C)C)cc2)n1N. The number of nitrogens with zero attached hydrogens (tertiary/aromatic N) is 3. The van der Waals surface area contributed by atoms with Crippen LogP contribution in [-0.4, -0.2) is 32.6 Å². The lowest BCUT2D eigenvalue weighted by Crippen LogP contribution is -2.41. The van der Waals surface area contributed by atoms with Crippen LogP contribution < -0.4 is 15.9 Å². The van der Waals surface area contributed by atoms with Crippen LogP contribution in [0, 0.1) is 5.92 Å². The molecule has 1 aliphatic rings. The summed E-state index contributed by atoms with van der Waals surface area (Å²) in [6.45, 7) is 8.94. The summed E-state index contributed by atoms with van der Waals surface area (Å²) in [5.41, 5.74) is 1.35. The third-order valence-electron chi connectivity index (χ3n) is 5.61. The highest BCUT2D eigenvalue weighted by Gasteiger charge is 2.23. The number of benzene rings is 1. The second-order valence-corrected chi connectivity index (χ2v) is 10.00. The first-order valence-corrected chi connectivity index (χ1v) is 11.6. The number of carbonyl (C=O) groups excluding carboxylic acids is 1. The van der Waals surface area contributed by atoms with Crippen molar-refractivity contribution < 1.29 is 9.53 Å². The minimum absolute atomic E-state index is 0.0125. The van der Waals surface area contributed by atoms with Crippen LogP contribution in [0.25, 0.3) is 0 Å². The fraction of sp³-hybridized carbons (Fsp3) is 0.591. The molecule has 1 aromatic heterocycles. The van der Waals surface area contributed by atoms with Crippen molar-refractivity contribution in [2.24, 2.45) is 5.92 Å². The zero-order valence-electron chi connectivity index (χ0n) is 18.4. The lowest BCUT2D eigenvalue weighted by molar-refractivity contribution is -0.119. The molecule has 1 amide bonds. The molecule has 0 spiro atoms. The van der Waals surface area contributed by atoms with Crippen LogP contribution >= 0.6 is 11.8 Å². The second kappa shape index (κ2) is 9.73. The van der Waals surface area contributed by atoms with Crippen molar-refractivity contribution in [3.05, 3.63) is 35.7 Å². The number of rotatable bonds is 7. The molecule has 2 unspecified atom stereocenters. The highest BCUT2D eigenvalue weighted by atomic mass is 32.2. The Morgan fingerprint density at radius 3 is 2.60 bits per heavy atom. The topological polar surface area (TPSA) is 95.1 Å². The summed E-state index contributed by atoms with van der Waals surface area (Å²) in [6.07, 6.45) is 4.67. The number of nitrogens with two attached hydrogens (primary N) is 1. The lowest BCUT2D eigenvalue weighted by Gasteiger charge is -2.29. The van der Waals surface area contributed by atoms with E-state index >= 15 is 0 Å². The maximum atomic E-state index is 12.3. The van der Waals surface area contributed by atoms with Gasteiger partial charge in [0.15, 0.2) is 5.82 Å². The van der Waals surface area contributed by atoms with Gasteiger partial charge < -0.3 is 15.9 Å². The fourth-order valence-corrected chi connectivity index (χ4v) is 4.30. The van der Waals surface area contributed by atoms with Crippen LogP contribution in [0.1, 0.15) is 64.8 Å². The maximum Gasteiger partial charge on any atom is 0.230 e. The first-order chi connectivity index (χ1) is 14.2. The van der Waals surface area contributed by atoms with Gasteiger partial charge in [-0.3, -0.25) is 4.79 Å². The van der Waals surface area contributed by atoms with Gasteiger partial charge in [0.2, 0.25) is 11.1 Å². The van der Waals surface area contributed by atoms with Gasteiger partial charge in [0.05, 0.1) is 5.75 Å². The van der Waals surface area contributed by atoms with E-state index in [2.05, 4.69) is 55.3 Å². The zero-order chi connectivity index (χ0) is 21.7. The predicted octanol–water partition coefficient (Wildman–Crippen LogP) is 3.66. The quantitative estimate of drug-likeness (QED) is 0.513. The Kier molecular flexibility index (Phi) is 7.28. The molecule has 1 saturated carbocycles. The van der Waals surface area contributed by atoms with Crippen LogP contribution in [0.5, 0.6) is 5.75 Å². The molecular formula is C22H33N5O2S. The van der Waals surface area contributed by atoms with Crippen LogP contribution in [0.4, 0.5) is 0 Å². The number of amides is 1. The third-order valence-corrected chi connectivity index (χ3v) is 6.56. The Hall–Kier alpha value is -2.22. The highest BCUT2D eigenvalue weighted by molar-refractivity contribution is 7.99. The van der Waals surface area contributed by atoms with E-state index in [1.54, 1.807) is 0 Å². The predicted molar refractivity (Wildman–Crippen MR) is 120 cm³/mol. The Morgan fingerprint density at radius 1 is 1.23 bits per heavy atom. The van der Waals surface area contributed by atoms with E-state index in [4.69, 9.17) is 10.6 Å². The molecule has 3 N–H and O–H groups in total. The molecule has 1 aromatic carbocycles. The number of ether oxygens (including phenoxy) is 1. The van der Waals surface area contributed by atoms with Gasteiger partial charge >= 0.3 is 0 Å². The van der Waals surface area contributed by atoms with E-state index in [1.165, 1.54) is 41.3 Å². The molecule has 0 radical (unpaired) electrons. The average Bonchev–Trinajstić information content (AvgIpc) is 3.06. The standard InChI is InChI=1S/C22H33N5O2S/c1-15-7-5-6-8-18(15)24-20(28)14-30-21-26-25-19(27(21)23)13-29-17-11-9-16(10-12-17)22(2,3)4/h9-12,15,18H,5-8,13-14,23H2,1-4H3,(H,24,28). The molecule has 0 aliphatic heterocycles. The Bertz CT molecular complexity index is 844. The molecule has 3 rings (SSSR count). The molecule has 164 valence electrons. The lowest BCUT2D eigenvalue weighted by atomic mass is 9.86. The minimum Gasteiger partial charge on any atom is -0.486 e. The second-order valence-electron chi connectivity index (χ2n) is 9.06. The van der Waals surface area contributed by atoms with Gasteiger partial charge in [0, 0.05) is 6.04 Å². The van der Waals surface area contributed by atoms with Gasteiger partial charge in [-0.15, -0.1) is 10.2 Å². The molecule has 0 bridgehead atoms. The summed E-state index contributed by atoms with van der Waals surface area (Å²) in [7, 11) is 0. The first-order valence-electron chi connectivity index (χ1n) is 10.6. The molecule has 1 aliphatic carbocycles. The van der Waals surface area contributed by atoms with Crippen LogP contribution in [0.2, 0.25) is 0 Å². The zero-order valence-corrected chi connectivity index (χ0v) is 19.2. The number of nitrogens with one attached hydrogen (secondary N) is 1.